The molecule has 70 valence electrons. The molecule has 0 fully saturated rings. The van der Waals surface area contributed by atoms with Gasteiger partial charge >= 0.3 is 0 Å². The molecular weight excluding hydrogens is 177 g/mol. The summed E-state index contributed by atoms with van der Waals surface area (Å²) in [7, 11) is 0. The van der Waals surface area contributed by atoms with Crippen LogP contribution in [0.4, 0.5) is 4.39 Å². The zero-order chi connectivity index (χ0) is 10.0. The van der Waals surface area contributed by atoms with Gasteiger partial charge in [-0.2, -0.15) is 0 Å². The molecule has 0 saturated carbocycles. The Hall–Kier alpha value is -1.52. The van der Waals surface area contributed by atoms with Gasteiger partial charge in [-0.3, -0.25) is 14.9 Å². The average molecular weight is 185 g/mol. The van der Waals surface area contributed by atoms with Gasteiger partial charge in [0, 0.05) is 16.6 Å². The van der Waals surface area contributed by atoms with Gasteiger partial charge in [-0.15, -0.1) is 0 Å². The molecule has 0 aliphatic heterocycles. The molecular formula is C8H8FNO3. The fraction of sp³-hybridized carbons (Fsp3) is 0.375. The third kappa shape index (κ3) is 1.99. The second kappa shape index (κ2) is 3.47. The zero-order valence-electron chi connectivity index (χ0n) is 6.94. The molecule has 0 bridgehead atoms. The normalized spacial score (nSPS) is 26.8. The van der Waals surface area contributed by atoms with Crippen LogP contribution in [0, 0.1) is 10.1 Å². The first-order valence-electron chi connectivity index (χ1n) is 3.71. The minimum atomic E-state index is -1.64. The van der Waals surface area contributed by atoms with E-state index in [1.165, 1.54) is 13.0 Å². The molecule has 0 aromatic carbocycles. The topological polar surface area (TPSA) is 60.2 Å². The molecule has 0 spiro atoms. The van der Waals surface area contributed by atoms with E-state index in [1.807, 2.05) is 0 Å². The van der Waals surface area contributed by atoms with E-state index in [-0.39, 0.29) is 11.4 Å². The highest BCUT2D eigenvalue weighted by Gasteiger charge is 2.30. The van der Waals surface area contributed by atoms with Crippen LogP contribution in [0.5, 0.6) is 0 Å². The van der Waals surface area contributed by atoms with Crippen molar-refractivity contribution in [3.05, 3.63) is 33.9 Å². The van der Waals surface area contributed by atoms with Crippen LogP contribution in [0.25, 0.3) is 0 Å². The molecule has 2 atom stereocenters. The summed E-state index contributed by atoms with van der Waals surface area (Å²) < 4.78 is 12.9. The van der Waals surface area contributed by atoms with Gasteiger partial charge in [0.1, 0.15) is 0 Å². The van der Waals surface area contributed by atoms with Crippen molar-refractivity contribution in [2.24, 2.45) is 0 Å². The van der Waals surface area contributed by atoms with Gasteiger partial charge in [-0.1, -0.05) is 6.08 Å². The number of halogens is 1. The first-order valence-corrected chi connectivity index (χ1v) is 3.71. The Morgan fingerprint density at radius 1 is 1.69 bits per heavy atom. The number of rotatable bonds is 2. The molecule has 1 aliphatic carbocycles. The Kier molecular flexibility index (Phi) is 2.55. The van der Waals surface area contributed by atoms with Crippen LogP contribution in [-0.4, -0.2) is 22.9 Å². The van der Waals surface area contributed by atoms with Gasteiger partial charge in [0.25, 0.3) is 6.04 Å². The summed E-state index contributed by atoms with van der Waals surface area (Å²) in [6, 6.07) is -1.43. The molecule has 5 heteroatoms. The summed E-state index contributed by atoms with van der Waals surface area (Å²) in [5, 5.41) is 10.3. The van der Waals surface area contributed by atoms with Crippen molar-refractivity contribution < 1.29 is 14.1 Å². The molecule has 0 amide bonds. The van der Waals surface area contributed by atoms with E-state index in [2.05, 4.69) is 0 Å². The van der Waals surface area contributed by atoms with Crippen LogP contribution in [0.1, 0.15) is 6.92 Å². The average Bonchev–Trinajstić information content (AvgIpc) is 2.04. The number of allylic oxidation sites excluding steroid dienone is 2. The number of carbonyl (C=O) groups excluding carboxylic acids is 1. The second-order valence-electron chi connectivity index (χ2n) is 2.76. The van der Waals surface area contributed by atoms with E-state index < -0.39 is 17.1 Å². The van der Waals surface area contributed by atoms with Gasteiger partial charge in [-0.05, 0) is 13.0 Å². The summed E-state index contributed by atoms with van der Waals surface area (Å²) in [6.45, 7) is 1.28. The van der Waals surface area contributed by atoms with Crippen LogP contribution < -0.4 is 0 Å². The van der Waals surface area contributed by atoms with Crippen LogP contribution >= 0.6 is 0 Å². The maximum atomic E-state index is 12.9. The highest BCUT2D eigenvalue weighted by molar-refractivity contribution is 5.96. The quantitative estimate of drug-likeness (QED) is 0.477. The molecule has 1 aliphatic rings. The van der Waals surface area contributed by atoms with Crippen molar-refractivity contribution in [3.63, 3.8) is 0 Å². The zero-order valence-corrected chi connectivity index (χ0v) is 6.94. The Morgan fingerprint density at radius 2 is 2.31 bits per heavy atom. The molecule has 0 N–H and O–H groups in total. The molecule has 4 nitrogen and oxygen atoms in total. The molecule has 13 heavy (non-hydrogen) atoms. The van der Waals surface area contributed by atoms with Crippen molar-refractivity contribution in [1.82, 2.24) is 0 Å². The molecule has 0 heterocycles. The maximum Gasteiger partial charge on any atom is 0.266 e. The molecule has 1 rings (SSSR count). The fourth-order valence-electron chi connectivity index (χ4n) is 1.05. The van der Waals surface area contributed by atoms with Crippen LogP contribution in [-0.2, 0) is 4.79 Å². The lowest BCUT2D eigenvalue weighted by Crippen LogP contribution is -2.30. The van der Waals surface area contributed by atoms with E-state index in [1.54, 1.807) is 0 Å². The first-order chi connectivity index (χ1) is 6.02. The van der Waals surface area contributed by atoms with Gasteiger partial charge in [0.15, 0.2) is 12.0 Å². The van der Waals surface area contributed by atoms with Crippen LogP contribution in [0.3, 0.4) is 0 Å². The summed E-state index contributed by atoms with van der Waals surface area (Å²) in [6.07, 6.45) is 1.71. The molecule has 2 unspecified atom stereocenters. The number of hydrogen-bond acceptors (Lipinski definition) is 3. The predicted molar refractivity (Wildman–Crippen MR) is 43.6 cm³/mol. The van der Waals surface area contributed by atoms with Crippen molar-refractivity contribution >= 4 is 5.78 Å². The van der Waals surface area contributed by atoms with Crippen LogP contribution in [0.15, 0.2) is 23.8 Å². The predicted octanol–water partition coefficient (Wildman–Crippen LogP) is 1.05. The Bertz CT molecular complexity index is 309. The van der Waals surface area contributed by atoms with Crippen molar-refractivity contribution in [2.45, 2.75) is 19.1 Å². The van der Waals surface area contributed by atoms with E-state index in [0.717, 1.165) is 12.2 Å². The number of nitro groups is 1. The number of nitrogens with zero attached hydrogens (tertiary/aromatic N) is 1. The number of alkyl halides is 1. The number of hydrogen-bond donors (Lipinski definition) is 0. The van der Waals surface area contributed by atoms with Gasteiger partial charge in [-0.25, -0.2) is 4.39 Å². The second-order valence-corrected chi connectivity index (χ2v) is 2.76. The van der Waals surface area contributed by atoms with Crippen molar-refractivity contribution in [1.29, 1.82) is 0 Å². The summed E-state index contributed by atoms with van der Waals surface area (Å²) >= 11 is 0. The van der Waals surface area contributed by atoms with Gasteiger partial charge < -0.3 is 0 Å². The Balaban J connectivity index is 2.93. The molecule has 0 aromatic heterocycles. The van der Waals surface area contributed by atoms with E-state index in [9.17, 15) is 19.3 Å². The number of ketones is 1. The summed E-state index contributed by atoms with van der Waals surface area (Å²) in [4.78, 5) is 20.4. The van der Waals surface area contributed by atoms with E-state index in [4.69, 9.17) is 0 Å². The van der Waals surface area contributed by atoms with Crippen molar-refractivity contribution in [2.75, 3.05) is 0 Å². The van der Waals surface area contributed by atoms with Crippen LogP contribution in [0.2, 0.25) is 0 Å². The molecule has 0 aromatic rings. The smallest absolute Gasteiger partial charge is 0.266 e. The third-order valence-electron chi connectivity index (χ3n) is 1.79. The Morgan fingerprint density at radius 3 is 2.77 bits per heavy atom. The lowest BCUT2D eigenvalue weighted by atomic mass is 9.99. The minimum Gasteiger partial charge on any atom is -0.295 e. The molecule has 0 saturated heterocycles. The molecule has 0 radical (unpaired) electrons. The largest absolute Gasteiger partial charge is 0.295 e. The fourth-order valence-corrected chi connectivity index (χ4v) is 1.05. The third-order valence-corrected chi connectivity index (χ3v) is 1.79. The highest BCUT2D eigenvalue weighted by Crippen LogP contribution is 2.16. The maximum absolute atomic E-state index is 12.9. The number of Topliss-reactive ketones (excluding diaryl/α,β-unsaturated/α-hetero) is 1. The standard InChI is InChI=1S/C8H8FNO3/c1-5(11)6-2-3-7(9)8(4-6)10(12)13/h2-4,7-8H,1H3. The SMILES string of the molecule is CC(=O)C1=CC([N+](=O)[O-])C(F)C=C1. The van der Waals surface area contributed by atoms with Crippen molar-refractivity contribution in [3.8, 4) is 0 Å². The minimum absolute atomic E-state index is 0.190. The summed E-state index contributed by atoms with van der Waals surface area (Å²) in [5.41, 5.74) is 0.190. The summed E-state index contributed by atoms with van der Waals surface area (Å²) in [5.74, 6) is -0.296. The highest BCUT2D eigenvalue weighted by atomic mass is 19.1. The van der Waals surface area contributed by atoms with E-state index >= 15 is 0 Å². The van der Waals surface area contributed by atoms with E-state index in [0.29, 0.717) is 0 Å². The monoisotopic (exact) mass is 185 g/mol. The number of carbonyl (C=O) groups is 1. The lowest BCUT2D eigenvalue weighted by Gasteiger charge is -2.12. The lowest BCUT2D eigenvalue weighted by molar-refractivity contribution is -0.515. The first kappa shape index (κ1) is 9.57. The van der Waals surface area contributed by atoms with Gasteiger partial charge in [0.05, 0.1) is 0 Å². The Labute approximate surface area is 73.9 Å². The van der Waals surface area contributed by atoms with Gasteiger partial charge in [0.2, 0.25) is 0 Å².